The summed E-state index contributed by atoms with van der Waals surface area (Å²) in [6.07, 6.45) is 0.400. The molecule has 122 valence electrons. The lowest BCUT2D eigenvalue weighted by molar-refractivity contribution is -0.121. The predicted molar refractivity (Wildman–Crippen MR) is 83.0 cm³/mol. The first-order valence-corrected chi connectivity index (χ1v) is 7.76. The van der Waals surface area contributed by atoms with Gasteiger partial charge in [0.2, 0.25) is 5.91 Å². The van der Waals surface area contributed by atoms with E-state index in [2.05, 4.69) is 15.5 Å². The number of hydrogen-bond donors (Lipinski definition) is 2. The van der Waals surface area contributed by atoms with E-state index in [0.717, 1.165) is 32.8 Å². The standard InChI is InChI=1S/C16H24FN3O2/c17-15-4-2-1-3-14(15)13-18-6-5-16(21)19-7-8-20-9-11-22-12-10-20/h1-4,18H,5-13H2,(H,19,21). The molecule has 0 unspecified atom stereocenters. The summed E-state index contributed by atoms with van der Waals surface area (Å²) >= 11 is 0. The van der Waals surface area contributed by atoms with Crippen molar-refractivity contribution in [3.8, 4) is 0 Å². The number of carbonyl (C=O) groups excluding carboxylic acids is 1. The molecule has 5 nitrogen and oxygen atoms in total. The summed E-state index contributed by atoms with van der Waals surface area (Å²) in [6.45, 7) is 5.90. The lowest BCUT2D eigenvalue weighted by Crippen LogP contribution is -2.41. The van der Waals surface area contributed by atoms with E-state index in [1.54, 1.807) is 18.2 Å². The summed E-state index contributed by atoms with van der Waals surface area (Å²) in [4.78, 5) is 14.0. The van der Waals surface area contributed by atoms with Crippen LogP contribution in [0.4, 0.5) is 4.39 Å². The normalized spacial score (nSPS) is 15.7. The Bertz CT molecular complexity index is 464. The van der Waals surface area contributed by atoms with Gasteiger partial charge in [-0.15, -0.1) is 0 Å². The Morgan fingerprint density at radius 1 is 1.23 bits per heavy atom. The van der Waals surface area contributed by atoms with Gasteiger partial charge >= 0.3 is 0 Å². The second-order valence-electron chi connectivity index (χ2n) is 5.32. The van der Waals surface area contributed by atoms with Crippen LogP contribution < -0.4 is 10.6 Å². The van der Waals surface area contributed by atoms with Crippen LogP contribution in [0.2, 0.25) is 0 Å². The van der Waals surface area contributed by atoms with Crippen LogP contribution in [0.1, 0.15) is 12.0 Å². The van der Waals surface area contributed by atoms with Crippen LogP contribution in [0.25, 0.3) is 0 Å². The van der Waals surface area contributed by atoms with E-state index in [4.69, 9.17) is 4.74 Å². The molecule has 1 saturated heterocycles. The highest BCUT2D eigenvalue weighted by Gasteiger charge is 2.10. The van der Waals surface area contributed by atoms with Gasteiger partial charge in [-0.3, -0.25) is 9.69 Å². The SMILES string of the molecule is O=C(CCNCc1ccccc1F)NCCN1CCOCC1. The number of morpholine rings is 1. The zero-order valence-corrected chi connectivity index (χ0v) is 12.8. The summed E-state index contributed by atoms with van der Waals surface area (Å²) < 4.78 is 18.7. The smallest absolute Gasteiger partial charge is 0.221 e. The van der Waals surface area contributed by atoms with E-state index >= 15 is 0 Å². The molecular weight excluding hydrogens is 285 g/mol. The Balaban J connectivity index is 1.51. The van der Waals surface area contributed by atoms with E-state index in [9.17, 15) is 9.18 Å². The summed E-state index contributed by atoms with van der Waals surface area (Å²) in [5.41, 5.74) is 0.621. The van der Waals surface area contributed by atoms with Gasteiger partial charge in [0.1, 0.15) is 5.82 Å². The second kappa shape index (κ2) is 9.50. The highest BCUT2D eigenvalue weighted by molar-refractivity contribution is 5.76. The Morgan fingerprint density at radius 3 is 2.77 bits per heavy atom. The fraction of sp³-hybridized carbons (Fsp3) is 0.562. The number of nitrogens with one attached hydrogen (secondary N) is 2. The Labute approximate surface area is 130 Å². The molecule has 1 aliphatic heterocycles. The first-order chi connectivity index (χ1) is 10.8. The van der Waals surface area contributed by atoms with Gasteiger partial charge in [0.25, 0.3) is 0 Å². The Morgan fingerprint density at radius 2 is 2.00 bits per heavy atom. The third-order valence-corrected chi connectivity index (χ3v) is 3.66. The molecule has 0 aliphatic carbocycles. The van der Waals surface area contributed by atoms with Gasteiger partial charge in [-0.25, -0.2) is 4.39 Å². The summed E-state index contributed by atoms with van der Waals surface area (Å²) in [6, 6.07) is 6.65. The van der Waals surface area contributed by atoms with Crippen molar-refractivity contribution in [1.29, 1.82) is 0 Å². The molecule has 1 heterocycles. The number of ether oxygens (including phenoxy) is 1. The highest BCUT2D eigenvalue weighted by Crippen LogP contribution is 2.05. The van der Waals surface area contributed by atoms with Gasteiger partial charge < -0.3 is 15.4 Å². The zero-order chi connectivity index (χ0) is 15.6. The highest BCUT2D eigenvalue weighted by atomic mass is 19.1. The van der Waals surface area contributed by atoms with E-state index in [1.807, 2.05) is 0 Å². The van der Waals surface area contributed by atoms with Crippen molar-refractivity contribution in [2.24, 2.45) is 0 Å². The van der Waals surface area contributed by atoms with Crippen LogP contribution in [0.5, 0.6) is 0 Å². The van der Waals surface area contributed by atoms with Crippen LogP contribution in [-0.2, 0) is 16.1 Å². The van der Waals surface area contributed by atoms with E-state index in [0.29, 0.717) is 31.6 Å². The zero-order valence-electron chi connectivity index (χ0n) is 12.8. The predicted octanol–water partition coefficient (Wildman–Crippen LogP) is 0.754. The van der Waals surface area contributed by atoms with Crippen molar-refractivity contribution in [2.45, 2.75) is 13.0 Å². The summed E-state index contributed by atoms with van der Waals surface area (Å²) in [7, 11) is 0. The van der Waals surface area contributed by atoms with Crippen molar-refractivity contribution in [1.82, 2.24) is 15.5 Å². The lowest BCUT2D eigenvalue weighted by atomic mass is 10.2. The third-order valence-electron chi connectivity index (χ3n) is 3.66. The Kier molecular flexibility index (Phi) is 7.28. The minimum absolute atomic E-state index is 0.0225. The van der Waals surface area contributed by atoms with Gasteiger partial charge in [-0.2, -0.15) is 0 Å². The summed E-state index contributed by atoms with van der Waals surface area (Å²) in [5.74, 6) is -0.195. The number of halogens is 1. The lowest BCUT2D eigenvalue weighted by Gasteiger charge is -2.26. The van der Waals surface area contributed by atoms with E-state index < -0.39 is 0 Å². The van der Waals surface area contributed by atoms with E-state index in [1.165, 1.54) is 6.07 Å². The number of nitrogens with zero attached hydrogens (tertiary/aromatic N) is 1. The molecule has 2 N–H and O–H groups in total. The van der Waals surface area contributed by atoms with Crippen molar-refractivity contribution < 1.29 is 13.9 Å². The number of rotatable bonds is 8. The first-order valence-electron chi connectivity index (χ1n) is 7.76. The average Bonchev–Trinajstić information content (AvgIpc) is 2.54. The first kappa shape index (κ1) is 16.9. The number of hydrogen-bond acceptors (Lipinski definition) is 4. The molecule has 1 aromatic rings. The van der Waals surface area contributed by atoms with Crippen molar-refractivity contribution in [2.75, 3.05) is 45.9 Å². The fourth-order valence-corrected chi connectivity index (χ4v) is 2.33. The number of carbonyl (C=O) groups is 1. The maximum atomic E-state index is 13.4. The average molecular weight is 309 g/mol. The van der Waals surface area contributed by atoms with Crippen LogP contribution in [-0.4, -0.2) is 56.7 Å². The quantitative estimate of drug-likeness (QED) is 0.696. The van der Waals surface area contributed by atoms with Gasteiger partial charge in [-0.05, 0) is 6.07 Å². The molecule has 0 atom stereocenters. The molecule has 6 heteroatoms. The second-order valence-corrected chi connectivity index (χ2v) is 5.32. The van der Waals surface area contributed by atoms with Crippen molar-refractivity contribution >= 4 is 5.91 Å². The van der Waals surface area contributed by atoms with Gasteiger partial charge in [0, 0.05) is 51.3 Å². The molecule has 0 radical (unpaired) electrons. The molecule has 1 amide bonds. The third kappa shape index (κ3) is 6.09. The van der Waals surface area contributed by atoms with Gasteiger partial charge in [-0.1, -0.05) is 18.2 Å². The van der Waals surface area contributed by atoms with Crippen molar-refractivity contribution in [3.05, 3.63) is 35.6 Å². The van der Waals surface area contributed by atoms with Crippen molar-refractivity contribution in [3.63, 3.8) is 0 Å². The summed E-state index contributed by atoms with van der Waals surface area (Å²) in [5, 5.41) is 5.99. The molecule has 1 fully saturated rings. The van der Waals surface area contributed by atoms with Crippen LogP contribution in [0.3, 0.4) is 0 Å². The molecule has 1 aromatic carbocycles. The molecule has 0 saturated carbocycles. The molecule has 0 bridgehead atoms. The fourth-order valence-electron chi connectivity index (χ4n) is 2.33. The minimum atomic E-state index is -0.218. The molecule has 0 spiro atoms. The largest absolute Gasteiger partial charge is 0.379 e. The molecule has 2 rings (SSSR count). The number of benzene rings is 1. The maximum Gasteiger partial charge on any atom is 0.221 e. The van der Waals surface area contributed by atoms with E-state index in [-0.39, 0.29) is 11.7 Å². The van der Waals surface area contributed by atoms with Gasteiger partial charge in [0.15, 0.2) is 0 Å². The topological polar surface area (TPSA) is 53.6 Å². The van der Waals surface area contributed by atoms with Crippen LogP contribution >= 0.6 is 0 Å². The van der Waals surface area contributed by atoms with Crippen LogP contribution in [0.15, 0.2) is 24.3 Å². The van der Waals surface area contributed by atoms with Crippen LogP contribution in [0, 0.1) is 5.82 Å². The van der Waals surface area contributed by atoms with Gasteiger partial charge in [0.05, 0.1) is 13.2 Å². The monoisotopic (exact) mass is 309 g/mol. The molecule has 0 aromatic heterocycles. The maximum absolute atomic E-state index is 13.4. The minimum Gasteiger partial charge on any atom is -0.379 e. The molecule has 1 aliphatic rings. The number of amides is 1. The Hall–Kier alpha value is -1.50. The molecular formula is C16H24FN3O2. The molecule has 22 heavy (non-hydrogen) atoms.